The van der Waals surface area contributed by atoms with E-state index in [1.54, 1.807) is 4.90 Å². The normalized spacial score (nSPS) is 14.9. The molecule has 0 atom stereocenters. The van der Waals surface area contributed by atoms with E-state index in [1.807, 2.05) is 4.90 Å². The fourth-order valence-corrected chi connectivity index (χ4v) is 2.86. The fourth-order valence-electron chi connectivity index (χ4n) is 2.86. The van der Waals surface area contributed by atoms with Gasteiger partial charge in [0, 0.05) is 37.4 Å². The molecule has 0 aliphatic carbocycles. The van der Waals surface area contributed by atoms with Gasteiger partial charge in [0.25, 0.3) is 5.91 Å². The highest BCUT2D eigenvalue weighted by Gasteiger charge is 2.24. The van der Waals surface area contributed by atoms with Gasteiger partial charge in [-0.3, -0.25) is 14.5 Å². The molecule has 5 nitrogen and oxygen atoms in total. The summed E-state index contributed by atoms with van der Waals surface area (Å²) in [6.07, 6.45) is 0. The van der Waals surface area contributed by atoms with Crippen LogP contribution in [0.25, 0.3) is 0 Å². The minimum Gasteiger partial charge on any atom is -0.336 e. The highest BCUT2D eigenvalue weighted by molar-refractivity contribution is 5.94. The Bertz CT molecular complexity index is 835. The van der Waals surface area contributed by atoms with E-state index in [0.29, 0.717) is 31.9 Å². The second-order valence-electron chi connectivity index (χ2n) is 6.25. The molecular weight excluding hydrogens is 359 g/mol. The molecule has 1 fully saturated rings. The van der Waals surface area contributed by atoms with E-state index >= 15 is 0 Å². The molecule has 1 aliphatic rings. The molecule has 2 aromatic carbocycles. The van der Waals surface area contributed by atoms with Gasteiger partial charge in [0.1, 0.15) is 5.82 Å². The van der Waals surface area contributed by atoms with Gasteiger partial charge in [0.2, 0.25) is 5.91 Å². The van der Waals surface area contributed by atoms with Crippen LogP contribution in [0.4, 0.5) is 18.9 Å². The zero-order valence-corrected chi connectivity index (χ0v) is 14.4. The number of rotatable bonds is 4. The van der Waals surface area contributed by atoms with Gasteiger partial charge in [-0.15, -0.1) is 0 Å². The molecule has 1 heterocycles. The third-order valence-corrected chi connectivity index (χ3v) is 4.32. The predicted molar refractivity (Wildman–Crippen MR) is 93.7 cm³/mol. The lowest BCUT2D eigenvalue weighted by atomic mass is 10.1. The summed E-state index contributed by atoms with van der Waals surface area (Å²) in [4.78, 5) is 27.9. The molecule has 1 saturated heterocycles. The lowest BCUT2D eigenvalue weighted by Crippen LogP contribution is -2.50. The molecule has 1 N–H and O–H groups in total. The summed E-state index contributed by atoms with van der Waals surface area (Å²) in [6.45, 7) is 1.85. The van der Waals surface area contributed by atoms with Crippen LogP contribution in [0.1, 0.15) is 10.4 Å². The number of anilines is 1. The molecule has 8 heteroatoms. The van der Waals surface area contributed by atoms with Crippen molar-refractivity contribution in [3.8, 4) is 0 Å². The zero-order valence-electron chi connectivity index (χ0n) is 14.4. The first kappa shape index (κ1) is 18.9. The topological polar surface area (TPSA) is 52.7 Å². The van der Waals surface area contributed by atoms with Crippen molar-refractivity contribution in [3.63, 3.8) is 0 Å². The van der Waals surface area contributed by atoms with Crippen molar-refractivity contribution in [1.82, 2.24) is 9.80 Å². The highest BCUT2D eigenvalue weighted by atomic mass is 19.2. The first-order valence-corrected chi connectivity index (χ1v) is 8.44. The van der Waals surface area contributed by atoms with Gasteiger partial charge in [-0.25, -0.2) is 13.2 Å². The van der Waals surface area contributed by atoms with Crippen LogP contribution in [0.5, 0.6) is 0 Å². The Labute approximate surface area is 154 Å². The molecule has 2 amide bonds. The third kappa shape index (κ3) is 4.85. The fraction of sp³-hybridized carbons (Fsp3) is 0.263. The summed E-state index contributed by atoms with van der Waals surface area (Å²) < 4.78 is 39.2. The molecule has 142 valence electrons. The van der Waals surface area contributed by atoms with E-state index in [9.17, 15) is 22.8 Å². The van der Waals surface area contributed by atoms with E-state index in [2.05, 4.69) is 5.32 Å². The quantitative estimate of drug-likeness (QED) is 0.891. The van der Waals surface area contributed by atoms with Crippen LogP contribution in [0, 0.1) is 17.5 Å². The van der Waals surface area contributed by atoms with E-state index in [4.69, 9.17) is 0 Å². The van der Waals surface area contributed by atoms with Crippen molar-refractivity contribution in [2.75, 3.05) is 38.0 Å². The summed E-state index contributed by atoms with van der Waals surface area (Å²) in [6, 6.07) is 8.55. The number of nitrogens with one attached hydrogen (secondary N) is 1. The molecule has 3 rings (SSSR count). The molecular formula is C19H18F3N3O2. The van der Waals surface area contributed by atoms with Gasteiger partial charge in [0.15, 0.2) is 11.6 Å². The maximum absolute atomic E-state index is 13.3. The van der Waals surface area contributed by atoms with Crippen LogP contribution in [0.2, 0.25) is 0 Å². The Morgan fingerprint density at radius 1 is 0.889 bits per heavy atom. The van der Waals surface area contributed by atoms with Gasteiger partial charge >= 0.3 is 0 Å². The van der Waals surface area contributed by atoms with Crippen LogP contribution >= 0.6 is 0 Å². The monoisotopic (exact) mass is 377 g/mol. The number of carbonyl (C=O) groups excluding carboxylic acids is 2. The maximum Gasteiger partial charge on any atom is 0.254 e. The average molecular weight is 377 g/mol. The van der Waals surface area contributed by atoms with E-state index in [0.717, 1.165) is 12.1 Å². The molecule has 0 unspecified atom stereocenters. The maximum atomic E-state index is 13.3. The smallest absolute Gasteiger partial charge is 0.254 e. The number of benzene rings is 2. The lowest BCUT2D eigenvalue weighted by molar-refractivity contribution is -0.117. The standard InChI is InChI=1S/C19H18F3N3O2/c20-14-2-4-15(5-3-14)23-18(26)12-24-7-9-25(10-8-24)19(27)13-1-6-16(21)17(22)11-13/h1-6,11H,7-10,12H2,(H,23,26). The number of hydrogen-bond acceptors (Lipinski definition) is 3. The minimum absolute atomic E-state index is 0.0939. The summed E-state index contributed by atoms with van der Waals surface area (Å²) in [7, 11) is 0. The Hall–Kier alpha value is -2.87. The van der Waals surface area contributed by atoms with Crippen molar-refractivity contribution in [2.24, 2.45) is 0 Å². The predicted octanol–water partition coefficient (Wildman–Crippen LogP) is 2.50. The van der Waals surface area contributed by atoms with Crippen LogP contribution in [-0.2, 0) is 4.79 Å². The Balaban J connectivity index is 1.49. The number of nitrogens with zero attached hydrogens (tertiary/aromatic N) is 2. The molecule has 0 spiro atoms. The molecule has 27 heavy (non-hydrogen) atoms. The first-order chi connectivity index (χ1) is 12.9. The highest BCUT2D eigenvalue weighted by Crippen LogP contribution is 2.13. The summed E-state index contributed by atoms with van der Waals surface area (Å²) in [5, 5.41) is 2.68. The second-order valence-corrected chi connectivity index (χ2v) is 6.25. The molecule has 0 aromatic heterocycles. The van der Waals surface area contributed by atoms with E-state index < -0.39 is 11.6 Å². The van der Waals surface area contributed by atoms with Crippen LogP contribution in [0.15, 0.2) is 42.5 Å². The first-order valence-electron chi connectivity index (χ1n) is 8.44. The lowest BCUT2D eigenvalue weighted by Gasteiger charge is -2.34. The largest absolute Gasteiger partial charge is 0.336 e. The zero-order chi connectivity index (χ0) is 19.4. The van der Waals surface area contributed by atoms with Crippen molar-refractivity contribution in [1.29, 1.82) is 0 Å². The molecule has 0 bridgehead atoms. The van der Waals surface area contributed by atoms with Crippen LogP contribution in [0.3, 0.4) is 0 Å². The van der Waals surface area contributed by atoms with Gasteiger partial charge in [-0.1, -0.05) is 0 Å². The summed E-state index contributed by atoms with van der Waals surface area (Å²) in [5.41, 5.74) is 0.602. The number of carbonyl (C=O) groups is 2. The SMILES string of the molecule is O=C(CN1CCN(C(=O)c2ccc(F)c(F)c2)CC1)Nc1ccc(F)cc1. The molecule has 2 aromatic rings. The number of hydrogen-bond donors (Lipinski definition) is 1. The summed E-state index contributed by atoms with van der Waals surface area (Å²) in [5.74, 6) is -3.04. The molecule has 0 radical (unpaired) electrons. The Kier molecular flexibility index (Phi) is 5.75. The Morgan fingerprint density at radius 2 is 1.56 bits per heavy atom. The number of halogens is 3. The van der Waals surface area contributed by atoms with Crippen molar-refractivity contribution in [3.05, 3.63) is 65.5 Å². The van der Waals surface area contributed by atoms with Crippen molar-refractivity contribution >= 4 is 17.5 Å². The number of amides is 2. The van der Waals surface area contributed by atoms with Crippen molar-refractivity contribution < 1.29 is 22.8 Å². The minimum atomic E-state index is -1.06. The van der Waals surface area contributed by atoms with Crippen LogP contribution in [-0.4, -0.2) is 54.3 Å². The van der Waals surface area contributed by atoms with Gasteiger partial charge in [-0.05, 0) is 42.5 Å². The van der Waals surface area contributed by atoms with Gasteiger partial charge in [0.05, 0.1) is 6.54 Å². The Morgan fingerprint density at radius 3 is 2.19 bits per heavy atom. The number of piperazine rings is 1. The van der Waals surface area contributed by atoms with Crippen LogP contribution < -0.4 is 5.32 Å². The van der Waals surface area contributed by atoms with E-state index in [1.165, 1.54) is 30.3 Å². The molecule has 0 saturated carbocycles. The van der Waals surface area contributed by atoms with Gasteiger partial charge < -0.3 is 10.2 Å². The third-order valence-electron chi connectivity index (χ3n) is 4.32. The average Bonchev–Trinajstić information content (AvgIpc) is 2.66. The second kappa shape index (κ2) is 8.22. The van der Waals surface area contributed by atoms with Crippen molar-refractivity contribution in [2.45, 2.75) is 0 Å². The molecule has 1 aliphatic heterocycles. The van der Waals surface area contributed by atoms with Gasteiger partial charge in [-0.2, -0.15) is 0 Å². The summed E-state index contributed by atoms with van der Waals surface area (Å²) >= 11 is 0. The van der Waals surface area contributed by atoms with E-state index in [-0.39, 0.29) is 29.7 Å².